The molecule has 0 aromatic heterocycles. The number of carboxylic acid groups (broad SMARTS) is 1. The fourth-order valence-electron chi connectivity index (χ4n) is 8.92. The summed E-state index contributed by atoms with van der Waals surface area (Å²) in [5, 5.41) is 32.0. The minimum atomic E-state index is -0.728. The average molecular weight is 407 g/mol. The quantitative estimate of drug-likeness (QED) is 0.631. The van der Waals surface area contributed by atoms with Gasteiger partial charge in [0.2, 0.25) is 0 Å². The van der Waals surface area contributed by atoms with E-state index >= 15 is 0 Å². The number of hydrogen-bond acceptors (Lipinski definition) is 3. The molecule has 0 aromatic carbocycles. The van der Waals surface area contributed by atoms with E-state index in [1.807, 2.05) is 0 Å². The first-order chi connectivity index (χ1) is 13.6. The molecule has 4 nitrogen and oxygen atoms in total. The molecule has 4 rings (SSSR count). The minimum Gasteiger partial charge on any atom is -0.481 e. The summed E-state index contributed by atoms with van der Waals surface area (Å²) in [6.45, 7) is 9.25. The van der Waals surface area contributed by atoms with E-state index in [-0.39, 0.29) is 29.5 Å². The average Bonchev–Trinajstić information content (AvgIpc) is 3.01. The molecule has 0 bridgehead atoms. The van der Waals surface area contributed by atoms with Crippen molar-refractivity contribution in [2.24, 2.45) is 52.3 Å². The Labute approximate surface area is 176 Å². The van der Waals surface area contributed by atoms with Gasteiger partial charge in [0.15, 0.2) is 0 Å². The zero-order valence-electron chi connectivity index (χ0n) is 18.8. The lowest BCUT2D eigenvalue weighted by atomic mass is 9.42. The number of carboxylic acids is 1. The molecule has 0 aliphatic heterocycles. The standard InChI is InChI=1S/C25H42O4/c1-14-9-10-24(3)16(11-14)12-20(26)23-18-7-6-17(15(2)5-8-22(28)29)25(18,4)21(27)13-19(23)24/h14-21,23,26-27H,5-13H2,1-4H3,(H,28,29). The second kappa shape index (κ2) is 7.51. The van der Waals surface area contributed by atoms with Gasteiger partial charge in [-0.2, -0.15) is 0 Å². The molecule has 0 amide bonds. The molecule has 29 heavy (non-hydrogen) atoms. The smallest absolute Gasteiger partial charge is 0.303 e. The first kappa shape index (κ1) is 21.6. The zero-order chi connectivity index (χ0) is 21.1. The van der Waals surface area contributed by atoms with Crippen molar-refractivity contribution >= 4 is 5.97 Å². The van der Waals surface area contributed by atoms with E-state index in [1.165, 1.54) is 19.3 Å². The number of aliphatic hydroxyl groups is 2. The van der Waals surface area contributed by atoms with Crippen LogP contribution >= 0.6 is 0 Å². The maximum atomic E-state index is 11.5. The van der Waals surface area contributed by atoms with Crippen LogP contribution in [-0.2, 0) is 4.79 Å². The summed E-state index contributed by atoms with van der Waals surface area (Å²) in [6, 6.07) is 0. The van der Waals surface area contributed by atoms with Crippen LogP contribution in [0.5, 0.6) is 0 Å². The van der Waals surface area contributed by atoms with Crippen LogP contribution in [0.4, 0.5) is 0 Å². The highest BCUT2D eigenvalue weighted by Crippen LogP contribution is 2.68. The number of carbonyl (C=O) groups is 1. The van der Waals surface area contributed by atoms with Gasteiger partial charge in [0, 0.05) is 6.42 Å². The lowest BCUT2D eigenvalue weighted by molar-refractivity contribution is -0.203. The summed E-state index contributed by atoms with van der Waals surface area (Å²) >= 11 is 0. The molecule has 166 valence electrons. The Morgan fingerprint density at radius 3 is 2.48 bits per heavy atom. The predicted molar refractivity (Wildman–Crippen MR) is 113 cm³/mol. The Morgan fingerprint density at radius 2 is 1.79 bits per heavy atom. The third-order valence-corrected chi connectivity index (χ3v) is 10.6. The maximum Gasteiger partial charge on any atom is 0.303 e. The summed E-state index contributed by atoms with van der Waals surface area (Å²) in [6.07, 6.45) is 7.94. The molecule has 4 fully saturated rings. The van der Waals surface area contributed by atoms with Gasteiger partial charge in [0.1, 0.15) is 0 Å². The largest absolute Gasteiger partial charge is 0.481 e. The Morgan fingerprint density at radius 1 is 1.07 bits per heavy atom. The lowest BCUT2D eigenvalue weighted by Gasteiger charge is -2.63. The maximum absolute atomic E-state index is 11.5. The second-order valence-electron chi connectivity index (χ2n) is 11.9. The normalized spacial score (nSPS) is 52.9. The van der Waals surface area contributed by atoms with E-state index in [1.54, 1.807) is 0 Å². The number of aliphatic hydroxyl groups excluding tert-OH is 2. The summed E-state index contributed by atoms with van der Waals surface area (Å²) in [5.41, 5.74) is 0.0664. The zero-order valence-corrected chi connectivity index (χ0v) is 18.8. The Kier molecular flexibility index (Phi) is 5.60. The van der Waals surface area contributed by atoms with Crippen molar-refractivity contribution in [3.63, 3.8) is 0 Å². The SMILES string of the molecule is CC1CCC2(C)C(C1)CC(O)C1C2CC(O)C2(C)C(C(C)CCC(=O)O)CCC12. The highest BCUT2D eigenvalue weighted by Gasteiger charge is 2.65. The van der Waals surface area contributed by atoms with Crippen molar-refractivity contribution in [3.8, 4) is 0 Å². The Bertz CT molecular complexity index is 634. The highest BCUT2D eigenvalue weighted by atomic mass is 16.4. The van der Waals surface area contributed by atoms with Gasteiger partial charge in [-0.1, -0.05) is 34.1 Å². The molecule has 0 aromatic rings. The molecule has 0 heterocycles. The van der Waals surface area contributed by atoms with Crippen molar-refractivity contribution in [2.75, 3.05) is 0 Å². The van der Waals surface area contributed by atoms with Gasteiger partial charge in [-0.3, -0.25) is 4.79 Å². The highest BCUT2D eigenvalue weighted by molar-refractivity contribution is 5.66. The fraction of sp³-hybridized carbons (Fsp3) is 0.960. The van der Waals surface area contributed by atoms with Crippen LogP contribution in [0.25, 0.3) is 0 Å². The van der Waals surface area contributed by atoms with Crippen LogP contribution in [0.15, 0.2) is 0 Å². The molecule has 11 atom stereocenters. The first-order valence-electron chi connectivity index (χ1n) is 12.2. The molecular formula is C25H42O4. The summed E-state index contributed by atoms with van der Waals surface area (Å²) in [4.78, 5) is 11.1. The van der Waals surface area contributed by atoms with Crippen LogP contribution in [0, 0.1) is 52.3 Å². The van der Waals surface area contributed by atoms with E-state index in [0.29, 0.717) is 41.9 Å². The Balaban J connectivity index is 1.61. The van der Waals surface area contributed by atoms with Gasteiger partial charge in [-0.25, -0.2) is 0 Å². The van der Waals surface area contributed by atoms with Gasteiger partial charge in [0.25, 0.3) is 0 Å². The summed E-state index contributed by atoms with van der Waals surface area (Å²) in [5.74, 6) is 2.35. The molecule has 4 aliphatic carbocycles. The van der Waals surface area contributed by atoms with Gasteiger partial charge in [0.05, 0.1) is 12.2 Å². The van der Waals surface area contributed by atoms with Crippen molar-refractivity contribution in [2.45, 2.75) is 97.7 Å². The molecule has 3 N–H and O–H groups in total. The van der Waals surface area contributed by atoms with Crippen molar-refractivity contribution in [1.82, 2.24) is 0 Å². The van der Waals surface area contributed by atoms with Gasteiger partial charge in [-0.05, 0) is 97.2 Å². The molecule has 11 unspecified atom stereocenters. The molecule has 0 saturated heterocycles. The number of fused-ring (bicyclic) bond motifs is 5. The predicted octanol–water partition coefficient (Wildman–Crippen LogP) is 4.72. The second-order valence-corrected chi connectivity index (χ2v) is 11.9. The van der Waals surface area contributed by atoms with Crippen LogP contribution in [0.1, 0.15) is 85.5 Å². The van der Waals surface area contributed by atoms with Crippen molar-refractivity contribution < 1.29 is 20.1 Å². The van der Waals surface area contributed by atoms with Crippen LogP contribution in [0.3, 0.4) is 0 Å². The summed E-state index contributed by atoms with van der Waals surface area (Å²) in [7, 11) is 0. The van der Waals surface area contributed by atoms with Crippen LogP contribution in [0.2, 0.25) is 0 Å². The van der Waals surface area contributed by atoms with E-state index in [9.17, 15) is 15.0 Å². The van der Waals surface area contributed by atoms with Crippen LogP contribution in [-0.4, -0.2) is 33.5 Å². The molecular weight excluding hydrogens is 364 g/mol. The van der Waals surface area contributed by atoms with Gasteiger partial charge < -0.3 is 15.3 Å². The molecule has 4 heteroatoms. The third kappa shape index (κ3) is 3.28. The van der Waals surface area contributed by atoms with Crippen molar-refractivity contribution in [1.29, 1.82) is 0 Å². The van der Waals surface area contributed by atoms with E-state index in [4.69, 9.17) is 5.11 Å². The number of rotatable bonds is 4. The van der Waals surface area contributed by atoms with E-state index < -0.39 is 5.97 Å². The van der Waals surface area contributed by atoms with Gasteiger partial charge >= 0.3 is 5.97 Å². The number of hydrogen-bond donors (Lipinski definition) is 3. The molecule has 0 radical (unpaired) electrons. The Hall–Kier alpha value is -0.610. The van der Waals surface area contributed by atoms with E-state index in [2.05, 4.69) is 27.7 Å². The molecule has 4 saturated carbocycles. The fourth-order valence-corrected chi connectivity index (χ4v) is 8.92. The number of aliphatic carboxylic acids is 1. The van der Waals surface area contributed by atoms with Crippen LogP contribution < -0.4 is 0 Å². The topological polar surface area (TPSA) is 77.8 Å². The molecule has 4 aliphatic rings. The summed E-state index contributed by atoms with van der Waals surface area (Å²) < 4.78 is 0. The minimum absolute atomic E-state index is 0.189. The monoisotopic (exact) mass is 406 g/mol. The first-order valence-corrected chi connectivity index (χ1v) is 12.2. The molecule has 0 spiro atoms. The lowest BCUT2D eigenvalue weighted by Crippen LogP contribution is -2.62. The van der Waals surface area contributed by atoms with Crippen molar-refractivity contribution in [3.05, 3.63) is 0 Å². The third-order valence-electron chi connectivity index (χ3n) is 10.6. The van der Waals surface area contributed by atoms with Gasteiger partial charge in [-0.15, -0.1) is 0 Å². The van der Waals surface area contributed by atoms with E-state index in [0.717, 1.165) is 31.6 Å².